The van der Waals surface area contributed by atoms with Crippen molar-refractivity contribution in [2.24, 2.45) is 0 Å². The summed E-state index contributed by atoms with van der Waals surface area (Å²) in [6.07, 6.45) is -0.277. The number of carbonyl (C=O) groups excluding carboxylic acids is 1. The van der Waals surface area contributed by atoms with E-state index in [1.165, 1.54) is 10.9 Å². The topological polar surface area (TPSA) is 76.4 Å². The number of aromatic nitrogens is 4. The summed E-state index contributed by atoms with van der Waals surface area (Å²) in [5.41, 5.74) is 1.20. The Morgan fingerprint density at radius 1 is 1.28 bits per heavy atom. The average Bonchev–Trinajstić information content (AvgIpc) is 3.06. The Balaban J connectivity index is 1.59. The molecular formula is C16H21FN6O2. The van der Waals surface area contributed by atoms with Crippen molar-refractivity contribution in [3.63, 3.8) is 0 Å². The highest BCUT2D eigenvalue weighted by atomic mass is 19.1. The largest absolute Gasteiger partial charge is 0.450 e. The van der Waals surface area contributed by atoms with Gasteiger partial charge in [0.2, 0.25) is 0 Å². The number of carbonyl (C=O) groups is 1. The summed E-state index contributed by atoms with van der Waals surface area (Å²) < 4.78 is 18.9. The number of aryl methyl sites for hydroxylation is 1. The molecule has 3 rings (SSSR count). The first-order valence-corrected chi connectivity index (χ1v) is 8.26. The van der Waals surface area contributed by atoms with Crippen LogP contribution in [0.3, 0.4) is 0 Å². The third kappa shape index (κ3) is 4.11. The van der Waals surface area contributed by atoms with Crippen molar-refractivity contribution in [2.75, 3.05) is 32.8 Å². The van der Waals surface area contributed by atoms with Crippen LogP contribution in [-0.2, 0) is 11.3 Å². The number of benzene rings is 1. The molecule has 0 atom stereocenters. The average molecular weight is 348 g/mol. The van der Waals surface area contributed by atoms with Crippen LogP contribution in [0, 0.1) is 12.7 Å². The van der Waals surface area contributed by atoms with Crippen LogP contribution in [0.15, 0.2) is 18.2 Å². The first-order chi connectivity index (χ1) is 12.1. The van der Waals surface area contributed by atoms with Gasteiger partial charge in [0, 0.05) is 26.2 Å². The van der Waals surface area contributed by atoms with Crippen molar-refractivity contribution in [3.05, 3.63) is 35.4 Å². The molecule has 1 saturated heterocycles. The van der Waals surface area contributed by atoms with Gasteiger partial charge in [0.05, 0.1) is 13.2 Å². The van der Waals surface area contributed by atoms with Crippen LogP contribution >= 0.6 is 0 Å². The fourth-order valence-corrected chi connectivity index (χ4v) is 2.69. The lowest BCUT2D eigenvalue weighted by Crippen LogP contribution is -2.48. The van der Waals surface area contributed by atoms with Crippen molar-refractivity contribution in [3.8, 4) is 5.69 Å². The quantitative estimate of drug-likeness (QED) is 0.831. The number of hydrogen-bond donors (Lipinski definition) is 0. The van der Waals surface area contributed by atoms with Crippen molar-refractivity contribution in [2.45, 2.75) is 20.4 Å². The predicted molar refractivity (Wildman–Crippen MR) is 87.7 cm³/mol. The van der Waals surface area contributed by atoms with Gasteiger partial charge in [0.15, 0.2) is 11.6 Å². The number of tetrazole rings is 1. The molecular weight excluding hydrogens is 327 g/mol. The molecule has 0 spiro atoms. The third-order valence-corrected chi connectivity index (χ3v) is 4.04. The van der Waals surface area contributed by atoms with Crippen LogP contribution in [0.25, 0.3) is 5.69 Å². The SMILES string of the molecule is CCOC(=O)N1CCN(Cc2nnn(-c3cc(C)ccc3F)n2)CC1. The highest BCUT2D eigenvalue weighted by Crippen LogP contribution is 2.13. The Morgan fingerprint density at radius 3 is 2.76 bits per heavy atom. The summed E-state index contributed by atoms with van der Waals surface area (Å²) in [6.45, 7) is 7.15. The molecule has 0 aliphatic carbocycles. The van der Waals surface area contributed by atoms with Crippen molar-refractivity contribution in [1.82, 2.24) is 30.0 Å². The minimum atomic E-state index is -0.391. The van der Waals surface area contributed by atoms with E-state index in [0.717, 1.165) is 5.56 Å². The monoisotopic (exact) mass is 348 g/mol. The van der Waals surface area contributed by atoms with Crippen LogP contribution in [0.5, 0.6) is 0 Å². The summed E-state index contributed by atoms with van der Waals surface area (Å²) in [6, 6.07) is 4.76. The van der Waals surface area contributed by atoms with Crippen LogP contribution in [0.1, 0.15) is 18.3 Å². The Bertz CT molecular complexity index is 742. The second-order valence-corrected chi connectivity index (χ2v) is 5.91. The second kappa shape index (κ2) is 7.56. The second-order valence-electron chi connectivity index (χ2n) is 5.91. The van der Waals surface area contributed by atoms with E-state index >= 15 is 0 Å². The molecule has 0 N–H and O–H groups in total. The van der Waals surface area contributed by atoms with Gasteiger partial charge in [0.25, 0.3) is 0 Å². The van der Waals surface area contributed by atoms with Gasteiger partial charge in [-0.15, -0.1) is 15.0 Å². The number of amides is 1. The lowest BCUT2D eigenvalue weighted by molar-refractivity contribution is 0.0771. The fraction of sp³-hybridized carbons (Fsp3) is 0.500. The number of ether oxygens (including phenoxy) is 1. The van der Waals surface area contributed by atoms with Crippen LogP contribution < -0.4 is 0 Å². The lowest BCUT2D eigenvalue weighted by atomic mass is 10.2. The van der Waals surface area contributed by atoms with E-state index in [1.54, 1.807) is 24.0 Å². The summed E-state index contributed by atoms with van der Waals surface area (Å²) in [5, 5.41) is 12.2. The first kappa shape index (κ1) is 17.3. The molecule has 1 amide bonds. The molecule has 1 aliphatic rings. The molecule has 0 bridgehead atoms. The van der Waals surface area contributed by atoms with Crippen LogP contribution in [0.4, 0.5) is 9.18 Å². The van der Waals surface area contributed by atoms with E-state index in [0.29, 0.717) is 45.2 Å². The Labute approximate surface area is 145 Å². The molecule has 1 aromatic carbocycles. The van der Waals surface area contributed by atoms with Gasteiger partial charge >= 0.3 is 6.09 Å². The van der Waals surface area contributed by atoms with Gasteiger partial charge in [-0.05, 0) is 36.8 Å². The maximum atomic E-state index is 13.9. The van der Waals surface area contributed by atoms with E-state index in [1.807, 2.05) is 6.92 Å². The molecule has 1 fully saturated rings. The van der Waals surface area contributed by atoms with E-state index in [4.69, 9.17) is 4.74 Å². The summed E-state index contributed by atoms with van der Waals surface area (Å²) >= 11 is 0. The number of rotatable bonds is 4. The smallest absolute Gasteiger partial charge is 0.409 e. The molecule has 1 aliphatic heterocycles. The zero-order valence-corrected chi connectivity index (χ0v) is 14.4. The van der Waals surface area contributed by atoms with Gasteiger partial charge in [-0.2, -0.15) is 0 Å². The molecule has 8 nitrogen and oxygen atoms in total. The highest BCUT2D eigenvalue weighted by Gasteiger charge is 2.23. The van der Waals surface area contributed by atoms with Gasteiger partial charge in [-0.3, -0.25) is 4.90 Å². The summed E-state index contributed by atoms with van der Waals surface area (Å²) in [5.74, 6) is 0.128. The summed E-state index contributed by atoms with van der Waals surface area (Å²) in [7, 11) is 0. The summed E-state index contributed by atoms with van der Waals surface area (Å²) in [4.78, 5) is 16.7. The van der Waals surface area contributed by atoms with Crippen LogP contribution in [0.2, 0.25) is 0 Å². The standard InChI is InChI=1S/C16H21FN6O2/c1-3-25-16(24)22-8-6-21(7-9-22)11-15-18-20-23(19-15)14-10-12(2)4-5-13(14)17/h4-5,10H,3,6-9,11H2,1-2H3. The van der Waals surface area contributed by atoms with E-state index < -0.39 is 5.82 Å². The van der Waals surface area contributed by atoms with E-state index in [2.05, 4.69) is 20.3 Å². The molecule has 2 heterocycles. The van der Waals surface area contributed by atoms with E-state index in [9.17, 15) is 9.18 Å². The zero-order valence-electron chi connectivity index (χ0n) is 14.4. The highest BCUT2D eigenvalue weighted by molar-refractivity contribution is 5.67. The number of piperazine rings is 1. The molecule has 0 saturated carbocycles. The van der Waals surface area contributed by atoms with E-state index in [-0.39, 0.29) is 11.8 Å². The molecule has 0 unspecified atom stereocenters. The molecule has 2 aromatic rings. The molecule has 9 heteroatoms. The number of nitrogens with zero attached hydrogens (tertiary/aromatic N) is 6. The normalized spacial score (nSPS) is 15.4. The Kier molecular flexibility index (Phi) is 5.22. The van der Waals surface area contributed by atoms with Gasteiger partial charge in [0.1, 0.15) is 5.69 Å². The molecule has 1 aromatic heterocycles. The van der Waals surface area contributed by atoms with Crippen molar-refractivity contribution < 1.29 is 13.9 Å². The minimum absolute atomic E-state index is 0.277. The maximum absolute atomic E-state index is 13.9. The molecule has 0 radical (unpaired) electrons. The first-order valence-electron chi connectivity index (χ1n) is 8.26. The third-order valence-electron chi connectivity index (χ3n) is 4.04. The predicted octanol–water partition coefficient (Wildman–Crippen LogP) is 1.38. The van der Waals surface area contributed by atoms with Crippen molar-refractivity contribution in [1.29, 1.82) is 0 Å². The number of hydrogen-bond acceptors (Lipinski definition) is 6. The zero-order chi connectivity index (χ0) is 17.8. The number of halogens is 1. The van der Waals surface area contributed by atoms with Gasteiger partial charge in [-0.1, -0.05) is 6.07 Å². The molecule has 25 heavy (non-hydrogen) atoms. The Hall–Kier alpha value is -2.55. The fourth-order valence-electron chi connectivity index (χ4n) is 2.69. The maximum Gasteiger partial charge on any atom is 0.409 e. The Morgan fingerprint density at radius 2 is 2.04 bits per heavy atom. The lowest BCUT2D eigenvalue weighted by Gasteiger charge is -2.33. The van der Waals surface area contributed by atoms with Gasteiger partial charge < -0.3 is 9.64 Å². The molecule has 134 valence electrons. The van der Waals surface area contributed by atoms with Crippen molar-refractivity contribution >= 4 is 6.09 Å². The van der Waals surface area contributed by atoms with Gasteiger partial charge in [-0.25, -0.2) is 9.18 Å². The van der Waals surface area contributed by atoms with Crippen LogP contribution in [-0.4, -0.2) is 68.9 Å². The minimum Gasteiger partial charge on any atom is -0.450 e.